The highest BCUT2D eigenvalue weighted by molar-refractivity contribution is 8.00. The summed E-state index contributed by atoms with van der Waals surface area (Å²) >= 11 is 1.29. The van der Waals surface area contributed by atoms with Crippen molar-refractivity contribution in [1.82, 2.24) is 13.9 Å². The summed E-state index contributed by atoms with van der Waals surface area (Å²) in [5, 5.41) is 0.131. The molecule has 0 spiro atoms. The normalized spacial score (nSPS) is 13.0. The van der Waals surface area contributed by atoms with Gasteiger partial charge in [0.1, 0.15) is 11.0 Å². The van der Waals surface area contributed by atoms with Crippen LogP contribution in [0.5, 0.6) is 0 Å². The first-order valence-electron chi connectivity index (χ1n) is 11.2. The van der Waals surface area contributed by atoms with Gasteiger partial charge in [-0.25, -0.2) is 13.4 Å². The van der Waals surface area contributed by atoms with Gasteiger partial charge in [0.05, 0.1) is 35.3 Å². The van der Waals surface area contributed by atoms with Crippen molar-refractivity contribution in [3.63, 3.8) is 0 Å². The zero-order chi connectivity index (χ0) is 24.0. The number of benzene rings is 1. The van der Waals surface area contributed by atoms with Crippen LogP contribution in [0.1, 0.15) is 46.3 Å². The molecule has 0 saturated heterocycles. The molecule has 1 aromatic carbocycles. The minimum Gasteiger partial charge on any atom is -0.467 e. The van der Waals surface area contributed by atoms with Crippen LogP contribution in [0.15, 0.2) is 51.1 Å². The van der Waals surface area contributed by atoms with Crippen molar-refractivity contribution in [3.05, 3.63) is 42.4 Å². The molecule has 0 aliphatic heterocycles. The standard InChI is InChI=1S/C23H31N3O5S2/c1-5-8-13-31-22(27)17(4)32-23-24-20-15-19(33(28,29)25(6-2)7-3)11-12-21(20)26(23)16-18-10-9-14-30-18/h9-12,14-15,17H,5-8,13,16H2,1-4H3. The van der Waals surface area contributed by atoms with Gasteiger partial charge in [-0.05, 0) is 43.7 Å². The molecule has 10 heteroatoms. The number of rotatable bonds is 12. The molecule has 0 aliphatic carbocycles. The number of hydrogen-bond acceptors (Lipinski definition) is 7. The van der Waals surface area contributed by atoms with E-state index in [-0.39, 0.29) is 10.9 Å². The van der Waals surface area contributed by atoms with Gasteiger partial charge in [0.2, 0.25) is 10.0 Å². The van der Waals surface area contributed by atoms with Gasteiger partial charge >= 0.3 is 5.97 Å². The minimum absolute atomic E-state index is 0.199. The van der Waals surface area contributed by atoms with E-state index in [1.807, 2.05) is 37.5 Å². The Morgan fingerprint density at radius 1 is 1.24 bits per heavy atom. The lowest BCUT2D eigenvalue weighted by atomic mass is 10.3. The summed E-state index contributed by atoms with van der Waals surface area (Å²) in [7, 11) is -3.61. The predicted octanol–water partition coefficient (Wildman–Crippen LogP) is 4.53. The van der Waals surface area contributed by atoms with Crippen molar-refractivity contribution in [3.8, 4) is 0 Å². The van der Waals surface area contributed by atoms with Crippen LogP contribution in [0.2, 0.25) is 0 Å². The summed E-state index contributed by atoms with van der Waals surface area (Å²) in [4.78, 5) is 17.3. The van der Waals surface area contributed by atoms with E-state index in [1.165, 1.54) is 16.1 Å². The van der Waals surface area contributed by atoms with Crippen LogP contribution in [-0.4, -0.2) is 53.2 Å². The van der Waals surface area contributed by atoms with Gasteiger partial charge in [-0.1, -0.05) is 39.0 Å². The fourth-order valence-electron chi connectivity index (χ4n) is 3.40. The monoisotopic (exact) mass is 493 g/mol. The van der Waals surface area contributed by atoms with Crippen molar-refractivity contribution in [2.24, 2.45) is 0 Å². The summed E-state index contributed by atoms with van der Waals surface area (Å²) < 4.78 is 40.2. The lowest BCUT2D eigenvalue weighted by molar-refractivity contribution is -0.142. The highest BCUT2D eigenvalue weighted by Crippen LogP contribution is 2.30. The molecule has 33 heavy (non-hydrogen) atoms. The van der Waals surface area contributed by atoms with E-state index in [0.717, 1.165) is 24.1 Å². The summed E-state index contributed by atoms with van der Waals surface area (Å²) in [6.07, 6.45) is 3.38. The van der Waals surface area contributed by atoms with Crippen LogP contribution in [0.3, 0.4) is 0 Å². The van der Waals surface area contributed by atoms with Crippen LogP contribution < -0.4 is 0 Å². The molecule has 0 bridgehead atoms. The number of carbonyl (C=O) groups is 1. The molecule has 180 valence electrons. The molecule has 3 rings (SSSR count). The zero-order valence-corrected chi connectivity index (χ0v) is 21.1. The number of imidazole rings is 1. The maximum absolute atomic E-state index is 13.0. The zero-order valence-electron chi connectivity index (χ0n) is 19.5. The van der Waals surface area contributed by atoms with Gasteiger partial charge in [0, 0.05) is 13.1 Å². The number of aromatic nitrogens is 2. The number of unbranched alkanes of at least 4 members (excludes halogenated alkanes) is 1. The second kappa shape index (κ2) is 11.2. The predicted molar refractivity (Wildman–Crippen MR) is 129 cm³/mol. The first-order chi connectivity index (χ1) is 15.8. The first kappa shape index (κ1) is 25.3. The van der Waals surface area contributed by atoms with Crippen molar-refractivity contribution in [2.75, 3.05) is 19.7 Å². The molecule has 0 N–H and O–H groups in total. The summed E-state index contributed by atoms with van der Waals surface area (Å²) in [6, 6.07) is 8.63. The Morgan fingerprint density at radius 3 is 2.64 bits per heavy atom. The molecule has 0 fully saturated rings. The molecule has 2 aromatic heterocycles. The van der Waals surface area contributed by atoms with E-state index in [9.17, 15) is 13.2 Å². The molecule has 8 nitrogen and oxygen atoms in total. The molecule has 0 aliphatic rings. The van der Waals surface area contributed by atoms with Crippen LogP contribution in [0, 0.1) is 0 Å². The Hall–Kier alpha value is -2.30. The Labute approximate surface area is 199 Å². The van der Waals surface area contributed by atoms with Gasteiger partial charge in [-0.3, -0.25) is 4.79 Å². The Bertz CT molecular complexity index is 1170. The van der Waals surface area contributed by atoms with E-state index in [1.54, 1.807) is 31.4 Å². The van der Waals surface area contributed by atoms with E-state index in [0.29, 0.717) is 36.9 Å². The Balaban J connectivity index is 1.98. The smallest absolute Gasteiger partial charge is 0.319 e. The molecule has 0 saturated carbocycles. The first-order valence-corrected chi connectivity index (χ1v) is 13.5. The summed E-state index contributed by atoms with van der Waals surface area (Å²) in [5.74, 6) is 0.434. The largest absolute Gasteiger partial charge is 0.467 e. The number of nitrogens with zero attached hydrogens (tertiary/aromatic N) is 3. The number of hydrogen-bond donors (Lipinski definition) is 0. The lowest BCUT2D eigenvalue weighted by Gasteiger charge is -2.18. The molecule has 1 unspecified atom stereocenters. The van der Waals surface area contributed by atoms with Crippen molar-refractivity contribution < 1.29 is 22.4 Å². The van der Waals surface area contributed by atoms with E-state index < -0.39 is 15.3 Å². The highest BCUT2D eigenvalue weighted by atomic mass is 32.2. The molecular formula is C23H31N3O5S2. The van der Waals surface area contributed by atoms with Crippen LogP contribution in [0.25, 0.3) is 11.0 Å². The van der Waals surface area contributed by atoms with Crippen molar-refractivity contribution >= 4 is 38.8 Å². The molecule has 1 atom stereocenters. The molecule has 3 aromatic rings. The number of ether oxygens (including phenoxy) is 1. The van der Waals surface area contributed by atoms with Crippen molar-refractivity contribution in [1.29, 1.82) is 0 Å². The van der Waals surface area contributed by atoms with Gasteiger partial charge in [0.15, 0.2) is 5.16 Å². The number of sulfonamides is 1. The maximum atomic E-state index is 13.0. The number of carbonyl (C=O) groups excluding carboxylic acids is 1. The van der Waals surface area contributed by atoms with E-state index in [2.05, 4.69) is 0 Å². The fourth-order valence-corrected chi connectivity index (χ4v) is 5.80. The number of thioether (sulfide) groups is 1. The van der Waals surface area contributed by atoms with Gasteiger partial charge in [0.25, 0.3) is 0 Å². The second-order valence-corrected chi connectivity index (χ2v) is 10.8. The third kappa shape index (κ3) is 5.80. The average molecular weight is 494 g/mol. The lowest BCUT2D eigenvalue weighted by Crippen LogP contribution is -2.30. The SMILES string of the molecule is CCCCOC(=O)C(C)Sc1nc2cc(S(=O)(=O)N(CC)CC)ccc2n1Cc1ccco1. The second-order valence-electron chi connectivity index (χ2n) is 7.58. The van der Waals surface area contributed by atoms with Crippen LogP contribution >= 0.6 is 11.8 Å². The molecule has 0 radical (unpaired) electrons. The quantitative estimate of drug-likeness (QED) is 0.208. The third-order valence-electron chi connectivity index (χ3n) is 5.28. The van der Waals surface area contributed by atoms with E-state index >= 15 is 0 Å². The summed E-state index contributed by atoms with van der Waals surface area (Å²) in [5.41, 5.74) is 1.31. The molecular weight excluding hydrogens is 462 g/mol. The number of furan rings is 1. The number of fused-ring (bicyclic) bond motifs is 1. The highest BCUT2D eigenvalue weighted by Gasteiger charge is 2.25. The summed E-state index contributed by atoms with van der Waals surface area (Å²) in [6.45, 7) is 9.04. The van der Waals surface area contributed by atoms with Gasteiger partial charge in [-0.15, -0.1) is 0 Å². The maximum Gasteiger partial charge on any atom is 0.319 e. The minimum atomic E-state index is -3.61. The fraction of sp³-hybridized carbons (Fsp3) is 0.478. The van der Waals surface area contributed by atoms with Gasteiger partial charge < -0.3 is 13.7 Å². The number of esters is 1. The molecule has 2 heterocycles. The van der Waals surface area contributed by atoms with Crippen LogP contribution in [-0.2, 0) is 26.1 Å². The topological polar surface area (TPSA) is 94.6 Å². The van der Waals surface area contributed by atoms with E-state index in [4.69, 9.17) is 14.1 Å². The van der Waals surface area contributed by atoms with Gasteiger partial charge in [-0.2, -0.15) is 4.31 Å². The Kier molecular flexibility index (Phi) is 8.61. The van der Waals surface area contributed by atoms with Crippen molar-refractivity contribution in [2.45, 2.75) is 62.4 Å². The third-order valence-corrected chi connectivity index (χ3v) is 8.39. The Morgan fingerprint density at radius 2 is 2.00 bits per heavy atom. The molecule has 0 amide bonds. The average Bonchev–Trinajstić information content (AvgIpc) is 3.42. The van der Waals surface area contributed by atoms with Crippen LogP contribution in [0.4, 0.5) is 0 Å².